The van der Waals surface area contributed by atoms with Crippen LogP contribution >= 0.6 is 12.6 Å². The molecule has 1 saturated heterocycles. The zero-order valence-corrected chi connectivity index (χ0v) is 29.0. The smallest absolute Gasteiger partial charge is 0.388 e. The lowest BCUT2D eigenvalue weighted by Crippen LogP contribution is -2.54. The van der Waals surface area contributed by atoms with Gasteiger partial charge < -0.3 is 14.6 Å². The molecule has 0 bridgehead atoms. The highest BCUT2D eigenvalue weighted by atomic mass is 32.1. The van der Waals surface area contributed by atoms with Crippen molar-refractivity contribution in [1.29, 1.82) is 0 Å². The van der Waals surface area contributed by atoms with Gasteiger partial charge in [-0.2, -0.15) is 25.8 Å². The van der Waals surface area contributed by atoms with Gasteiger partial charge in [-0.15, -0.1) is 0 Å². The molecule has 0 amide bonds. The highest BCUT2D eigenvalue weighted by molar-refractivity contribution is 7.79. The average molecular weight is 642 g/mol. The molecule has 10 heteroatoms. The number of hydrogen-bond acceptors (Lipinski definition) is 6. The Labute approximate surface area is 267 Å². The van der Waals surface area contributed by atoms with E-state index in [-0.39, 0.29) is 11.3 Å². The number of thiol groups is 1. The molecule has 248 valence electrons. The first kappa shape index (κ1) is 36.6. The van der Waals surface area contributed by atoms with Gasteiger partial charge in [-0.25, -0.2) is 0 Å². The third kappa shape index (κ3) is 7.56. The van der Waals surface area contributed by atoms with Crippen LogP contribution in [0.25, 0.3) is 0 Å². The molecule has 0 saturated carbocycles. The zero-order valence-electron chi connectivity index (χ0n) is 28.1. The molecule has 1 spiro atoms. The minimum Gasteiger partial charge on any atom is -0.388 e. The van der Waals surface area contributed by atoms with Gasteiger partial charge in [0.1, 0.15) is 18.8 Å². The Morgan fingerprint density at radius 1 is 1.11 bits per heavy atom. The molecule has 2 aliphatic heterocycles. The summed E-state index contributed by atoms with van der Waals surface area (Å²) in [4.78, 5) is 10.2. The number of hydrogen-bond donors (Lipinski definition) is 2. The molecule has 5 rings (SSSR count). The molecular weight excluding hydrogens is 589 g/mol. The van der Waals surface area contributed by atoms with Gasteiger partial charge in [0.15, 0.2) is 0 Å². The third-order valence-electron chi connectivity index (χ3n) is 8.85. The Balaban J connectivity index is 0.000000593. The number of fused-ring (bicyclic) bond motifs is 4. The van der Waals surface area contributed by atoms with Gasteiger partial charge in [0, 0.05) is 54.9 Å². The summed E-state index contributed by atoms with van der Waals surface area (Å²) in [6, 6.07) is 2.45. The van der Waals surface area contributed by atoms with E-state index in [1.54, 1.807) is 13.4 Å². The van der Waals surface area contributed by atoms with E-state index in [0.717, 1.165) is 46.8 Å². The molecule has 2 aromatic rings. The molecule has 0 aromatic carbocycles. The zero-order chi connectivity index (χ0) is 33.3. The fourth-order valence-electron chi connectivity index (χ4n) is 6.32. The normalized spacial score (nSPS) is 21.9. The van der Waals surface area contributed by atoms with E-state index in [9.17, 15) is 18.3 Å². The number of pyridine rings is 2. The van der Waals surface area contributed by atoms with E-state index < -0.39 is 29.5 Å². The predicted molar refractivity (Wildman–Crippen MR) is 169 cm³/mol. The van der Waals surface area contributed by atoms with Crippen molar-refractivity contribution in [2.75, 3.05) is 26.6 Å². The minimum atomic E-state index is -4.47. The van der Waals surface area contributed by atoms with Crippen LogP contribution in [0.2, 0.25) is 0 Å². The van der Waals surface area contributed by atoms with Crippen LogP contribution in [0.1, 0.15) is 139 Å². The Hall–Kier alpha value is -1.88. The maximum atomic E-state index is 13.3. The summed E-state index contributed by atoms with van der Waals surface area (Å²) in [5.74, 6) is 0.0155. The molecule has 1 N–H and O–H groups in total. The van der Waals surface area contributed by atoms with Crippen molar-refractivity contribution in [3.05, 3.63) is 57.7 Å². The lowest BCUT2D eigenvalue weighted by atomic mass is 9.70. The fraction of sp³-hybridized carbons (Fsp3) is 0.706. The van der Waals surface area contributed by atoms with Crippen LogP contribution in [0.15, 0.2) is 18.3 Å². The fourth-order valence-corrected chi connectivity index (χ4v) is 6.32. The molecule has 6 nitrogen and oxygen atoms in total. The first-order valence-corrected chi connectivity index (χ1v) is 16.4. The number of rotatable bonds is 3. The molecule has 0 radical (unpaired) electrons. The van der Waals surface area contributed by atoms with Crippen molar-refractivity contribution in [3.63, 3.8) is 0 Å². The van der Waals surface area contributed by atoms with Crippen molar-refractivity contribution in [3.8, 4) is 0 Å². The van der Waals surface area contributed by atoms with Crippen LogP contribution in [-0.2, 0) is 27.7 Å². The van der Waals surface area contributed by atoms with Crippen molar-refractivity contribution in [2.24, 2.45) is 10.8 Å². The van der Waals surface area contributed by atoms with Crippen molar-refractivity contribution < 1.29 is 37.3 Å². The molecule has 4 heterocycles. The lowest BCUT2D eigenvalue weighted by Gasteiger charge is -2.38. The van der Waals surface area contributed by atoms with Crippen molar-refractivity contribution in [1.82, 2.24) is 4.98 Å². The quantitative estimate of drug-likeness (QED) is 0.266. The summed E-state index contributed by atoms with van der Waals surface area (Å²) in [5, 5.41) is 11.5. The molecular formula is C34H52F3N2O4S+. The van der Waals surface area contributed by atoms with Gasteiger partial charge in [-0.1, -0.05) is 61.8 Å². The second-order valence-corrected chi connectivity index (χ2v) is 14.2. The summed E-state index contributed by atoms with van der Waals surface area (Å²) in [6.07, 6.45) is 0.440. The number of aromatic nitrogens is 2. The molecule has 1 aliphatic carbocycles. The highest BCUT2D eigenvalue weighted by Crippen LogP contribution is 2.57. The second-order valence-electron chi connectivity index (χ2n) is 14.2. The van der Waals surface area contributed by atoms with Gasteiger partial charge in [0.25, 0.3) is 0 Å². The Bertz CT molecular complexity index is 1270. The average Bonchev–Trinajstić information content (AvgIpc) is 3.25. The number of aliphatic hydroxyl groups is 1. The van der Waals surface area contributed by atoms with Crippen LogP contribution in [0, 0.1) is 10.8 Å². The van der Waals surface area contributed by atoms with Crippen molar-refractivity contribution >= 4 is 12.6 Å². The van der Waals surface area contributed by atoms with Gasteiger partial charge in [0.2, 0.25) is 11.4 Å². The summed E-state index contributed by atoms with van der Waals surface area (Å²) >= 11 is 3.53. The van der Waals surface area contributed by atoms with E-state index in [0.29, 0.717) is 43.6 Å². The molecule has 1 fully saturated rings. The van der Waals surface area contributed by atoms with E-state index in [2.05, 4.69) is 73.0 Å². The van der Waals surface area contributed by atoms with Crippen LogP contribution in [0.4, 0.5) is 13.2 Å². The SMILES string of the molecule is CCC(C)(C)C.CO[n+]1c2c(c3c(c1C(C)C)C(c1ccc(C(F)(F)F)cn1)OC31CCOCC1)C(O)CC(C)(C)C2.CS. The number of ether oxygens (including phenoxy) is 2. The summed E-state index contributed by atoms with van der Waals surface area (Å²) in [6.45, 7) is 18.3. The van der Waals surface area contributed by atoms with Crippen LogP contribution in [0.3, 0.4) is 0 Å². The van der Waals surface area contributed by atoms with Crippen LogP contribution in [-0.4, -0.2) is 36.7 Å². The second kappa shape index (κ2) is 13.9. The van der Waals surface area contributed by atoms with E-state index in [4.69, 9.17) is 14.3 Å². The van der Waals surface area contributed by atoms with Crippen molar-refractivity contribution in [2.45, 2.75) is 117 Å². The van der Waals surface area contributed by atoms with Gasteiger partial charge in [-0.05, 0) is 35.6 Å². The first-order valence-electron chi connectivity index (χ1n) is 15.6. The van der Waals surface area contributed by atoms with Gasteiger partial charge in [-0.3, -0.25) is 9.82 Å². The molecule has 2 unspecified atom stereocenters. The largest absolute Gasteiger partial charge is 0.417 e. The standard InChI is InChI=1S/C27H34F3N2O4.C6H14.CH4S/c1-15(2)23-21-22(20-18(32(23)34-5)12-25(3,4)13-19(20)33)26(8-10-35-11-9-26)36-24(21)17-7-6-16(14-31-17)27(28,29)30;1-5-6(2,3)4;1-2/h6-7,14-15,19,24,33H,8-13H2,1-5H3;5H2,1-4H3;2H,1H3/q+1;;. The Morgan fingerprint density at radius 2 is 1.70 bits per heavy atom. The molecule has 44 heavy (non-hydrogen) atoms. The van der Waals surface area contributed by atoms with E-state index >= 15 is 0 Å². The maximum absolute atomic E-state index is 13.3. The van der Waals surface area contributed by atoms with Crippen LogP contribution in [0.5, 0.6) is 0 Å². The van der Waals surface area contributed by atoms with E-state index in [1.807, 2.05) is 4.73 Å². The topological polar surface area (TPSA) is 64.7 Å². The minimum absolute atomic E-state index is 0.0155. The Morgan fingerprint density at radius 3 is 2.16 bits per heavy atom. The summed E-state index contributed by atoms with van der Waals surface area (Å²) < 4.78 is 54.1. The first-order chi connectivity index (χ1) is 20.4. The highest BCUT2D eigenvalue weighted by Gasteiger charge is 2.56. The summed E-state index contributed by atoms with van der Waals surface area (Å²) in [7, 11) is 1.61. The maximum Gasteiger partial charge on any atom is 0.417 e. The number of alkyl halides is 3. The third-order valence-corrected chi connectivity index (χ3v) is 8.85. The van der Waals surface area contributed by atoms with Gasteiger partial charge in [0.05, 0.1) is 28.5 Å². The lowest BCUT2D eigenvalue weighted by molar-refractivity contribution is -0.897. The summed E-state index contributed by atoms with van der Waals surface area (Å²) in [5.41, 5.74) is 3.74. The molecule has 3 aliphatic rings. The number of aliphatic hydroxyl groups excluding tert-OH is 1. The molecule has 2 aromatic heterocycles. The van der Waals surface area contributed by atoms with Gasteiger partial charge >= 0.3 is 6.18 Å². The predicted octanol–water partition coefficient (Wildman–Crippen LogP) is 7.69. The monoisotopic (exact) mass is 641 g/mol. The number of halogens is 3. The van der Waals surface area contributed by atoms with E-state index in [1.165, 1.54) is 12.5 Å². The molecule has 2 atom stereocenters. The number of nitrogens with zero attached hydrogens (tertiary/aromatic N) is 2. The Kier molecular flexibility index (Phi) is 11.5. The van der Waals surface area contributed by atoms with Crippen LogP contribution < -0.4 is 9.57 Å².